The molecule has 0 aliphatic rings. The van der Waals surface area contributed by atoms with Gasteiger partial charge in [0.2, 0.25) is 0 Å². The molecule has 1 aromatic heterocycles. The van der Waals surface area contributed by atoms with Crippen molar-refractivity contribution in [3.8, 4) is 0 Å². The Morgan fingerprint density at radius 2 is 1.71 bits per heavy atom. The summed E-state index contributed by atoms with van der Waals surface area (Å²) in [5.41, 5.74) is 3.42. The van der Waals surface area contributed by atoms with Crippen molar-refractivity contribution in [3.05, 3.63) is 41.7 Å². The summed E-state index contributed by atoms with van der Waals surface area (Å²) in [6.45, 7) is 9.47. The molecule has 0 amide bonds. The third-order valence-corrected chi connectivity index (χ3v) is 3.32. The molecule has 0 aliphatic heterocycles. The molecular formula is C17H24N4. The van der Waals surface area contributed by atoms with Crippen LogP contribution in [-0.4, -0.2) is 16.5 Å². The lowest BCUT2D eigenvalue weighted by molar-refractivity contribution is 0.844. The summed E-state index contributed by atoms with van der Waals surface area (Å²) in [5, 5.41) is 6.80. The van der Waals surface area contributed by atoms with Gasteiger partial charge in [-0.1, -0.05) is 38.5 Å². The number of aryl methyl sites for hydroxylation is 1. The molecule has 112 valence electrons. The molecule has 1 aromatic carbocycles. The molecule has 4 heteroatoms. The van der Waals surface area contributed by atoms with E-state index in [-0.39, 0.29) is 0 Å². The zero-order valence-corrected chi connectivity index (χ0v) is 13.3. The monoisotopic (exact) mass is 284 g/mol. The second kappa shape index (κ2) is 7.07. The topological polar surface area (TPSA) is 49.8 Å². The van der Waals surface area contributed by atoms with Crippen LogP contribution in [0.1, 0.15) is 44.2 Å². The van der Waals surface area contributed by atoms with E-state index in [2.05, 4.69) is 72.6 Å². The lowest BCUT2D eigenvalue weighted by Gasteiger charge is -2.17. The molecular weight excluding hydrogens is 260 g/mol. The van der Waals surface area contributed by atoms with E-state index in [0.717, 1.165) is 35.9 Å². The minimum absolute atomic E-state index is 0.346. The van der Waals surface area contributed by atoms with Crippen LogP contribution in [-0.2, 0) is 0 Å². The van der Waals surface area contributed by atoms with E-state index in [1.165, 1.54) is 5.56 Å². The van der Waals surface area contributed by atoms with Crippen LogP contribution in [0.5, 0.6) is 0 Å². The lowest BCUT2D eigenvalue weighted by atomic mass is 10.0. The predicted octanol–water partition coefficient (Wildman–Crippen LogP) is 4.47. The van der Waals surface area contributed by atoms with Crippen LogP contribution in [0.15, 0.2) is 30.6 Å². The number of nitrogens with one attached hydrogen (secondary N) is 2. The summed E-state index contributed by atoms with van der Waals surface area (Å²) in [4.78, 5) is 8.82. The highest BCUT2D eigenvalue weighted by atomic mass is 15.1. The Morgan fingerprint density at radius 3 is 2.33 bits per heavy atom. The minimum Gasteiger partial charge on any atom is -0.370 e. The van der Waals surface area contributed by atoms with Gasteiger partial charge < -0.3 is 10.6 Å². The first-order valence-corrected chi connectivity index (χ1v) is 7.54. The quantitative estimate of drug-likeness (QED) is 0.821. The van der Waals surface area contributed by atoms with Crippen LogP contribution in [0.25, 0.3) is 0 Å². The smallest absolute Gasteiger partial charge is 0.139 e. The molecule has 4 nitrogen and oxygen atoms in total. The van der Waals surface area contributed by atoms with Crippen LogP contribution < -0.4 is 10.6 Å². The van der Waals surface area contributed by atoms with E-state index in [1.54, 1.807) is 6.33 Å². The fourth-order valence-corrected chi connectivity index (χ4v) is 2.20. The summed E-state index contributed by atoms with van der Waals surface area (Å²) in [5.74, 6) is 2.15. The third-order valence-electron chi connectivity index (χ3n) is 3.32. The van der Waals surface area contributed by atoms with Crippen molar-refractivity contribution in [2.45, 2.75) is 40.0 Å². The number of nitrogens with zero attached hydrogens (tertiary/aromatic N) is 2. The maximum Gasteiger partial charge on any atom is 0.139 e. The van der Waals surface area contributed by atoms with E-state index in [0.29, 0.717) is 5.92 Å². The van der Waals surface area contributed by atoms with E-state index in [9.17, 15) is 0 Å². The average molecular weight is 284 g/mol. The Morgan fingerprint density at radius 1 is 1.05 bits per heavy atom. The van der Waals surface area contributed by atoms with Crippen molar-refractivity contribution in [1.82, 2.24) is 9.97 Å². The Hall–Kier alpha value is -2.10. The minimum atomic E-state index is 0.346. The molecule has 0 radical (unpaired) electrons. The van der Waals surface area contributed by atoms with E-state index >= 15 is 0 Å². The second-order valence-electron chi connectivity index (χ2n) is 5.56. The predicted molar refractivity (Wildman–Crippen MR) is 89.4 cm³/mol. The molecule has 2 rings (SSSR count). The van der Waals surface area contributed by atoms with Crippen LogP contribution >= 0.6 is 0 Å². The molecule has 0 atom stereocenters. The van der Waals surface area contributed by atoms with Gasteiger partial charge in [-0.15, -0.1) is 0 Å². The second-order valence-corrected chi connectivity index (χ2v) is 5.56. The van der Waals surface area contributed by atoms with Gasteiger partial charge in [0.15, 0.2) is 0 Å². The SMILES string of the molecule is CCCNc1ncnc(Nc2ccc(C)cc2)c1C(C)C. The molecule has 1 heterocycles. The Bertz CT molecular complexity index is 576. The first-order chi connectivity index (χ1) is 10.1. The van der Waals surface area contributed by atoms with E-state index < -0.39 is 0 Å². The Balaban J connectivity index is 2.31. The average Bonchev–Trinajstić information content (AvgIpc) is 2.47. The number of rotatable bonds is 6. The molecule has 0 bridgehead atoms. The van der Waals surface area contributed by atoms with Crippen molar-refractivity contribution in [3.63, 3.8) is 0 Å². The maximum atomic E-state index is 4.42. The Labute approximate surface area is 127 Å². The van der Waals surface area contributed by atoms with Crippen LogP contribution in [0, 0.1) is 6.92 Å². The van der Waals surface area contributed by atoms with Gasteiger partial charge in [-0.2, -0.15) is 0 Å². The third kappa shape index (κ3) is 3.94. The van der Waals surface area contributed by atoms with Crippen LogP contribution in [0.3, 0.4) is 0 Å². The van der Waals surface area contributed by atoms with Gasteiger partial charge in [0.05, 0.1) is 0 Å². The zero-order valence-electron chi connectivity index (χ0n) is 13.3. The molecule has 0 saturated carbocycles. The van der Waals surface area contributed by atoms with Gasteiger partial charge in [0.25, 0.3) is 0 Å². The fraction of sp³-hybridized carbons (Fsp3) is 0.412. The number of hydrogen-bond acceptors (Lipinski definition) is 4. The molecule has 0 spiro atoms. The molecule has 21 heavy (non-hydrogen) atoms. The van der Waals surface area contributed by atoms with Crippen molar-refractivity contribution in [2.24, 2.45) is 0 Å². The van der Waals surface area contributed by atoms with Gasteiger partial charge in [-0.25, -0.2) is 9.97 Å². The maximum absolute atomic E-state index is 4.42. The molecule has 0 fully saturated rings. The van der Waals surface area contributed by atoms with Crippen LogP contribution in [0.2, 0.25) is 0 Å². The van der Waals surface area contributed by atoms with Crippen molar-refractivity contribution < 1.29 is 0 Å². The van der Waals surface area contributed by atoms with Gasteiger partial charge in [0.1, 0.15) is 18.0 Å². The molecule has 0 unspecified atom stereocenters. The normalized spacial score (nSPS) is 10.7. The van der Waals surface area contributed by atoms with Crippen molar-refractivity contribution >= 4 is 17.3 Å². The van der Waals surface area contributed by atoms with Crippen molar-refractivity contribution in [1.29, 1.82) is 0 Å². The summed E-state index contributed by atoms with van der Waals surface area (Å²) in [6.07, 6.45) is 2.68. The number of benzene rings is 1. The summed E-state index contributed by atoms with van der Waals surface area (Å²) in [6, 6.07) is 8.32. The summed E-state index contributed by atoms with van der Waals surface area (Å²) in [7, 11) is 0. The zero-order chi connectivity index (χ0) is 15.2. The molecule has 0 aliphatic carbocycles. The first-order valence-electron chi connectivity index (χ1n) is 7.54. The number of anilines is 3. The van der Waals surface area contributed by atoms with E-state index in [1.807, 2.05) is 0 Å². The lowest BCUT2D eigenvalue weighted by Crippen LogP contribution is -2.10. The molecule has 2 N–H and O–H groups in total. The highest BCUT2D eigenvalue weighted by Gasteiger charge is 2.14. The van der Waals surface area contributed by atoms with Crippen LogP contribution in [0.4, 0.5) is 17.3 Å². The fourth-order valence-electron chi connectivity index (χ4n) is 2.20. The number of hydrogen-bond donors (Lipinski definition) is 2. The summed E-state index contributed by atoms with van der Waals surface area (Å²) < 4.78 is 0. The highest BCUT2D eigenvalue weighted by molar-refractivity contribution is 5.65. The van der Waals surface area contributed by atoms with Gasteiger partial charge in [-0.05, 0) is 31.4 Å². The van der Waals surface area contributed by atoms with Crippen molar-refractivity contribution in [2.75, 3.05) is 17.2 Å². The Kier molecular flexibility index (Phi) is 5.14. The standard InChI is InChI=1S/C17H24N4/c1-5-10-18-16-15(12(2)3)17(20-11-19-16)21-14-8-6-13(4)7-9-14/h6-9,11-12H,5,10H2,1-4H3,(H2,18,19,20,21). The molecule has 0 saturated heterocycles. The first kappa shape index (κ1) is 15.3. The highest BCUT2D eigenvalue weighted by Crippen LogP contribution is 2.30. The van der Waals surface area contributed by atoms with Gasteiger partial charge >= 0.3 is 0 Å². The molecule has 2 aromatic rings. The summed E-state index contributed by atoms with van der Waals surface area (Å²) >= 11 is 0. The van der Waals surface area contributed by atoms with Gasteiger partial charge in [-0.3, -0.25) is 0 Å². The number of aromatic nitrogens is 2. The van der Waals surface area contributed by atoms with E-state index in [4.69, 9.17) is 0 Å². The van der Waals surface area contributed by atoms with Gasteiger partial charge in [0, 0.05) is 17.8 Å². The largest absolute Gasteiger partial charge is 0.370 e.